The number of benzene rings is 2. The largest absolute Gasteiger partial charge is 0.454 e. The highest BCUT2D eigenvalue weighted by Gasteiger charge is 2.15. The third-order valence-corrected chi connectivity index (χ3v) is 5.40. The van der Waals surface area contributed by atoms with Crippen LogP contribution in [0, 0.1) is 0 Å². The molecule has 9 heteroatoms. The number of nitrogens with one attached hydrogen (secondary N) is 2. The quantitative estimate of drug-likeness (QED) is 0.603. The van der Waals surface area contributed by atoms with Crippen LogP contribution in [0.2, 0.25) is 0 Å². The molecule has 2 heterocycles. The fourth-order valence-corrected chi connectivity index (χ4v) is 3.72. The Hall–Kier alpha value is -3.46. The number of amides is 2. The minimum atomic E-state index is -0.310. The lowest BCUT2D eigenvalue weighted by Crippen LogP contribution is -2.22. The first-order valence-corrected chi connectivity index (χ1v) is 10.3. The number of aromatic nitrogens is 2. The number of hydrogen-bond acceptors (Lipinski definition) is 7. The number of anilines is 1. The number of aryl methyl sites for hydroxylation is 1. The summed E-state index contributed by atoms with van der Waals surface area (Å²) in [5.41, 5.74) is 1.99. The van der Waals surface area contributed by atoms with E-state index in [9.17, 15) is 9.59 Å². The molecular weight excluding hydrogens is 404 g/mol. The topological polar surface area (TPSA) is 102 Å². The van der Waals surface area contributed by atoms with Crippen molar-refractivity contribution in [1.82, 2.24) is 15.5 Å². The Morgan fingerprint density at radius 1 is 1.03 bits per heavy atom. The lowest BCUT2D eigenvalue weighted by molar-refractivity contribution is 0.0950. The highest BCUT2D eigenvalue weighted by molar-refractivity contribution is 7.13. The maximum atomic E-state index is 12.4. The summed E-state index contributed by atoms with van der Waals surface area (Å²) in [7, 11) is 0. The maximum Gasteiger partial charge on any atom is 0.286 e. The van der Waals surface area contributed by atoms with Crippen molar-refractivity contribution in [3.05, 3.63) is 63.6 Å². The summed E-state index contributed by atoms with van der Waals surface area (Å²) in [5, 5.41) is 14.7. The molecule has 1 aliphatic heterocycles. The van der Waals surface area contributed by atoms with E-state index in [0.717, 1.165) is 23.4 Å². The second-order valence-corrected chi connectivity index (χ2v) is 7.71. The van der Waals surface area contributed by atoms with Crippen molar-refractivity contribution in [2.75, 3.05) is 12.1 Å². The molecule has 4 rings (SSSR count). The van der Waals surface area contributed by atoms with Gasteiger partial charge >= 0.3 is 0 Å². The Kier molecular flexibility index (Phi) is 5.89. The predicted octanol–water partition coefficient (Wildman–Crippen LogP) is 3.40. The first-order chi connectivity index (χ1) is 14.6. The van der Waals surface area contributed by atoms with E-state index in [1.807, 2.05) is 25.1 Å². The van der Waals surface area contributed by atoms with E-state index >= 15 is 0 Å². The molecule has 1 aromatic heterocycles. The summed E-state index contributed by atoms with van der Waals surface area (Å²) >= 11 is 1.29. The van der Waals surface area contributed by atoms with Gasteiger partial charge in [-0.1, -0.05) is 24.3 Å². The van der Waals surface area contributed by atoms with E-state index in [0.29, 0.717) is 34.3 Å². The third-order valence-electron chi connectivity index (χ3n) is 4.42. The van der Waals surface area contributed by atoms with Crippen LogP contribution in [0.15, 0.2) is 42.5 Å². The van der Waals surface area contributed by atoms with E-state index in [1.54, 1.807) is 24.3 Å². The van der Waals surface area contributed by atoms with Crippen LogP contribution in [-0.4, -0.2) is 28.8 Å². The van der Waals surface area contributed by atoms with Gasteiger partial charge in [0.15, 0.2) is 11.5 Å². The van der Waals surface area contributed by atoms with Gasteiger partial charge in [0.2, 0.25) is 11.8 Å². The van der Waals surface area contributed by atoms with Crippen molar-refractivity contribution in [2.24, 2.45) is 0 Å². The van der Waals surface area contributed by atoms with Crippen LogP contribution >= 0.6 is 11.3 Å². The van der Waals surface area contributed by atoms with Gasteiger partial charge in [-0.3, -0.25) is 9.59 Å². The van der Waals surface area contributed by atoms with Gasteiger partial charge in [0.05, 0.1) is 0 Å². The number of hydrogen-bond donors (Lipinski definition) is 2. The molecule has 30 heavy (non-hydrogen) atoms. The number of fused-ring (bicyclic) bond motifs is 1. The molecule has 0 fully saturated rings. The van der Waals surface area contributed by atoms with Crippen LogP contribution in [0.1, 0.15) is 44.1 Å². The van der Waals surface area contributed by atoms with Crippen molar-refractivity contribution in [2.45, 2.75) is 26.3 Å². The molecule has 0 atom stereocenters. The molecule has 2 aromatic carbocycles. The molecule has 0 bridgehead atoms. The molecule has 8 nitrogen and oxygen atoms in total. The van der Waals surface area contributed by atoms with E-state index < -0.39 is 0 Å². The molecule has 2 N–H and O–H groups in total. The normalized spacial score (nSPS) is 11.9. The minimum Gasteiger partial charge on any atom is -0.454 e. The van der Waals surface area contributed by atoms with Crippen LogP contribution in [0.4, 0.5) is 5.69 Å². The highest BCUT2D eigenvalue weighted by atomic mass is 32.1. The molecule has 2 amide bonds. The Morgan fingerprint density at radius 2 is 1.83 bits per heavy atom. The molecule has 0 radical (unpaired) electrons. The molecule has 0 aliphatic carbocycles. The van der Waals surface area contributed by atoms with Crippen LogP contribution < -0.4 is 20.1 Å². The maximum absolute atomic E-state index is 12.4. The van der Waals surface area contributed by atoms with E-state index in [-0.39, 0.29) is 18.6 Å². The Morgan fingerprint density at radius 3 is 2.63 bits per heavy atom. The smallest absolute Gasteiger partial charge is 0.286 e. The van der Waals surface area contributed by atoms with Gasteiger partial charge in [-0.15, -0.1) is 10.2 Å². The Labute approximate surface area is 177 Å². The predicted molar refractivity (Wildman–Crippen MR) is 112 cm³/mol. The molecule has 0 spiro atoms. The van der Waals surface area contributed by atoms with Crippen LogP contribution in [0.5, 0.6) is 11.5 Å². The third kappa shape index (κ3) is 4.57. The van der Waals surface area contributed by atoms with E-state index in [1.165, 1.54) is 11.3 Å². The lowest BCUT2D eigenvalue weighted by Gasteiger charge is -2.08. The number of nitrogens with zero attached hydrogens (tertiary/aromatic N) is 2. The minimum absolute atomic E-state index is 0.209. The van der Waals surface area contributed by atoms with Gasteiger partial charge < -0.3 is 20.1 Å². The van der Waals surface area contributed by atoms with Crippen molar-refractivity contribution < 1.29 is 19.1 Å². The zero-order chi connectivity index (χ0) is 20.9. The fraction of sp³-hybridized carbons (Fsp3) is 0.238. The number of carbonyl (C=O) groups is 2. The fourth-order valence-electron chi connectivity index (χ4n) is 2.89. The summed E-state index contributed by atoms with van der Waals surface area (Å²) in [4.78, 5) is 24.7. The van der Waals surface area contributed by atoms with Crippen LogP contribution in [-0.2, 0) is 13.0 Å². The molecule has 0 saturated carbocycles. The van der Waals surface area contributed by atoms with Gasteiger partial charge in [-0.05, 0) is 48.4 Å². The van der Waals surface area contributed by atoms with Gasteiger partial charge in [0.1, 0.15) is 5.01 Å². The molecule has 154 valence electrons. The van der Waals surface area contributed by atoms with Gasteiger partial charge in [-0.2, -0.15) is 0 Å². The number of ether oxygens (including phenoxy) is 2. The molecule has 0 saturated heterocycles. The monoisotopic (exact) mass is 424 g/mol. The second-order valence-electron chi connectivity index (χ2n) is 6.65. The average Bonchev–Trinajstić information content (AvgIpc) is 3.42. The lowest BCUT2D eigenvalue weighted by atomic mass is 10.1. The standard InChI is InChI=1S/C21H20N4O4S/c1-2-3-18-24-25-21(30-18)20(27)23-15-7-5-14(6-8-15)19(26)22-11-13-4-9-16-17(10-13)29-12-28-16/h4-10H,2-3,11-12H2,1H3,(H,22,26)(H,23,27). The zero-order valence-electron chi connectivity index (χ0n) is 16.3. The van der Waals surface area contributed by atoms with Crippen LogP contribution in [0.25, 0.3) is 0 Å². The molecule has 3 aromatic rings. The Bertz CT molecular complexity index is 1070. The van der Waals surface area contributed by atoms with Crippen LogP contribution in [0.3, 0.4) is 0 Å². The van der Waals surface area contributed by atoms with Gasteiger partial charge in [0, 0.05) is 24.2 Å². The average molecular weight is 424 g/mol. The molecule has 0 unspecified atom stereocenters. The number of rotatable bonds is 7. The second kappa shape index (κ2) is 8.91. The zero-order valence-corrected chi connectivity index (χ0v) is 17.1. The summed E-state index contributed by atoms with van der Waals surface area (Å²) in [6.07, 6.45) is 1.76. The van der Waals surface area contributed by atoms with E-state index in [4.69, 9.17) is 9.47 Å². The van der Waals surface area contributed by atoms with Gasteiger partial charge in [-0.25, -0.2) is 0 Å². The van der Waals surface area contributed by atoms with E-state index in [2.05, 4.69) is 20.8 Å². The highest BCUT2D eigenvalue weighted by Crippen LogP contribution is 2.32. The number of carbonyl (C=O) groups excluding carboxylic acids is 2. The van der Waals surface area contributed by atoms with Crippen molar-refractivity contribution in [1.29, 1.82) is 0 Å². The van der Waals surface area contributed by atoms with Gasteiger partial charge in [0.25, 0.3) is 11.8 Å². The summed E-state index contributed by atoms with van der Waals surface area (Å²) in [6.45, 7) is 2.63. The first kappa shape index (κ1) is 19.8. The van der Waals surface area contributed by atoms with Crippen molar-refractivity contribution >= 4 is 28.8 Å². The first-order valence-electron chi connectivity index (χ1n) is 9.53. The molecule has 1 aliphatic rings. The molecular formula is C21H20N4O4S. The summed E-state index contributed by atoms with van der Waals surface area (Å²) < 4.78 is 10.6. The Balaban J connectivity index is 1.32. The summed E-state index contributed by atoms with van der Waals surface area (Å²) in [5.74, 6) is 0.866. The van der Waals surface area contributed by atoms with Crippen molar-refractivity contribution in [3.63, 3.8) is 0 Å². The SMILES string of the molecule is CCCc1nnc(C(=O)Nc2ccc(C(=O)NCc3ccc4c(c3)OCO4)cc2)s1. The summed E-state index contributed by atoms with van der Waals surface area (Å²) in [6, 6.07) is 12.2. The van der Waals surface area contributed by atoms with Crippen molar-refractivity contribution in [3.8, 4) is 11.5 Å².